The summed E-state index contributed by atoms with van der Waals surface area (Å²) in [6.07, 6.45) is 1.29. The van der Waals surface area contributed by atoms with Gasteiger partial charge in [0, 0.05) is 18.0 Å². The van der Waals surface area contributed by atoms with Crippen molar-refractivity contribution in [1.82, 2.24) is 19.8 Å². The van der Waals surface area contributed by atoms with E-state index in [2.05, 4.69) is 10.3 Å². The Bertz CT molecular complexity index is 932. The van der Waals surface area contributed by atoms with Crippen LogP contribution in [0.2, 0.25) is 0 Å². The molecule has 0 spiro atoms. The molecule has 1 fully saturated rings. The summed E-state index contributed by atoms with van der Waals surface area (Å²) >= 11 is 1.42. The van der Waals surface area contributed by atoms with Crippen molar-refractivity contribution in [1.29, 1.82) is 0 Å². The third-order valence-electron chi connectivity index (χ3n) is 3.97. The summed E-state index contributed by atoms with van der Waals surface area (Å²) in [5.74, 6) is -1.35. The second-order valence-corrected chi connectivity index (χ2v) is 6.78. The fourth-order valence-electron chi connectivity index (χ4n) is 2.50. The molecule has 0 aromatic carbocycles. The molecule has 1 aliphatic rings. The largest absolute Gasteiger partial charge is 0.454 e. The van der Waals surface area contributed by atoms with Crippen LogP contribution in [0.5, 0.6) is 0 Å². The number of amides is 3. The van der Waals surface area contributed by atoms with E-state index >= 15 is 0 Å². The van der Waals surface area contributed by atoms with Gasteiger partial charge in [-0.05, 0) is 19.4 Å². The Kier molecular flexibility index (Phi) is 4.53. The Morgan fingerprint density at radius 3 is 2.80 bits per heavy atom. The van der Waals surface area contributed by atoms with E-state index < -0.39 is 24.5 Å². The molecule has 10 heteroatoms. The SMILES string of the molecule is Cc1sc2ncn(CC(=O)OCC(=O)N3CCNC3=O)c(=O)c2c1C. The van der Waals surface area contributed by atoms with Crippen molar-refractivity contribution in [3.8, 4) is 0 Å². The third kappa shape index (κ3) is 3.25. The Morgan fingerprint density at radius 1 is 1.36 bits per heavy atom. The highest BCUT2D eigenvalue weighted by Gasteiger charge is 2.26. The fourth-order valence-corrected chi connectivity index (χ4v) is 3.48. The first kappa shape index (κ1) is 17.1. The lowest BCUT2D eigenvalue weighted by atomic mass is 10.2. The molecule has 0 bridgehead atoms. The van der Waals surface area contributed by atoms with Crippen LogP contribution in [0.4, 0.5) is 4.79 Å². The van der Waals surface area contributed by atoms with Crippen LogP contribution < -0.4 is 10.9 Å². The van der Waals surface area contributed by atoms with Gasteiger partial charge in [-0.25, -0.2) is 9.78 Å². The molecule has 1 aliphatic heterocycles. The van der Waals surface area contributed by atoms with Crippen molar-refractivity contribution in [3.63, 3.8) is 0 Å². The summed E-state index contributed by atoms with van der Waals surface area (Å²) < 4.78 is 6.03. The zero-order valence-corrected chi connectivity index (χ0v) is 14.5. The molecule has 0 aliphatic carbocycles. The van der Waals surface area contributed by atoms with Crippen LogP contribution in [-0.2, 0) is 20.9 Å². The van der Waals surface area contributed by atoms with Gasteiger partial charge < -0.3 is 10.1 Å². The van der Waals surface area contributed by atoms with Gasteiger partial charge in [-0.3, -0.25) is 23.9 Å². The fraction of sp³-hybridized carbons (Fsp3) is 0.400. The number of aryl methyl sites for hydroxylation is 2. The molecule has 0 radical (unpaired) electrons. The molecule has 0 atom stereocenters. The van der Waals surface area contributed by atoms with Crippen molar-refractivity contribution in [2.75, 3.05) is 19.7 Å². The molecule has 2 aromatic rings. The van der Waals surface area contributed by atoms with Crippen LogP contribution in [0.3, 0.4) is 0 Å². The van der Waals surface area contributed by atoms with Gasteiger partial charge in [0.15, 0.2) is 6.61 Å². The molecule has 3 heterocycles. The van der Waals surface area contributed by atoms with E-state index in [1.807, 2.05) is 13.8 Å². The van der Waals surface area contributed by atoms with Crippen molar-refractivity contribution < 1.29 is 19.1 Å². The molecule has 9 nitrogen and oxygen atoms in total. The average Bonchev–Trinajstić information content (AvgIpc) is 3.12. The zero-order valence-electron chi connectivity index (χ0n) is 13.7. The summed E-state index contributed by atoms with van der Waals surface area (Å²) in [5, 5.41) is 2.97. The lowest BCUT2D eigenvalue weighted by Crippen LogP contribution is -2.37. The van der Waals surface area contributed by atoms with Gasteiger partial charge in [0.2, 0.25) is 0 Å². The molecule has 132 valence electrons. The van der Waals surface area contributed by atoms with E-state index in [0.717, 1.165) is 19.9 Å². The van der Waals surface area contributed by atoms with E-state index in [9.17, 15) is 19.2 Å². The van der Waals surface area contributed by atoms with Crippen LogP contribution in [0, 0.1) is 13.8 Å². The zero-order chi connectivity index (χ0) is 18.1. The summed E-state index contributed by atoms with van der Waals surface area (Å²) in [6.45, 7) is 3.45. The van der Waals surface area contributed by atoms with Crippen LogP contribution in [-0.4, -0.2) is 52.1 Å². The predicted octanol–water partition coefficient (Wildman–Crippen LogP) is 0.170. The maximum atomic E-state index is 12.5. The number of nitrogens with zero attached hydrogens (tertiary/aromatic N) is 3. The normalized spacial score (nSPS) is 14.0. The van der Waals surface area contributed by atoms with Crippen LogP contribution >= 0.6 is 11.3 Å². The van der Waals surface area contributed by atoms with Gasteiger partial charge >= 0.3 is 12.0 Å². The number of thiophene rings is 1. The molecule has 0 unspecified atom stereocenters. The van der Waals surface area contributed by atoms with Crippen LogP contribution in [0.15, 0.2) is 11.1 Å². The molecule has 25 heavy (non-hydrogen) atoms. The molecular formula is C15H16N4O5S. The first-order valence-corrected chi connectivity index (χ1v) is 8.39. The molecule has 2 aromatic heterocycles. The number of aromatic nitrogens is 2. The maximum Gasteiger partial charge on any atom is 0.326 e. The number of fused-ring (bicyclic) bond motifs is 1. The minimum atomic E-state index is -0.749. The van der Waals surface area contributed by atoms with Crippen molar-refractivity contribution in [2.45, 2.75) is 20.4 Å². The minimum absolute atomic E-state index is 0.242. The second-order valence-electron chi connectivity index (χ2n) is 5.58. The number of hydrogen-bond acceptors (Lipinski definition) is 7. The highest BCUT2D eigenvalue weighted by Crippen LogP contribution is 2.25. The number of esters is 1. The molecule has 0 saturated carbocycles. The summed E-state index contributed by atoms with van der Waals surface area (Å²) in [4.78, 5) is 54.3. The Balaban J connectivity index is 1.67. The second kappa shape index (κ2) is 6.63. The van der Waals surface area contributed by atoms with E-state index in [4.69, 9.17) is 4.74 Å². The smallest absolute Gasteiger partial charge is 0.326 e. The molecule has 3 amide bonds. The molecule has 1 saturated heterocycles. The molecule has 1 N–H and O–H groups in total. The van der Waals surface area contributed by atoms with Crippen molar-refractivity contribution >= 4 is 39.5 Å². The maximum absolute atomic E-state index is 12.5. The first-order valence-electron chi connectivity index (χ1n) is 7.57. The van der Waals surface area contributed by atoms with Gasteiger partial charge in [0.25, 0.3) is 11.5 Å². The summed E-state index contributed by atoms with van der Waals surface area (Å²) in [5.41, 5.74) is 0.518. The number of hydrogen-bond donors (Lipinski definition) is 1. The van der Waals surface area contributed by atoms with Gasteiger partial charge in [-0.15, -0.1) is 11.3 Å². The van der Waals surface area contributed by atoms with Crippen LogP contribution in [0.1, 0.15) is 10.4 Å². The Labute approximate surface area is 146 Å². The van der Waals surface area contributed by atoms with Gasteiger partial charge in [0.1, 0.15) is 11.4 Å². The number of ether oxygens (including phenoxy) is 1. The lowest BCUT2D eigenvalue weighted by molar-refractivity contribution is -0.151. The van der Waals surface area contributed by atoms with E-state index in [-0.39, 0.29) is 18.6 Å². The molecular weight excluding hydrogens is 348 g/mol. The highest BCUT2D eigenvalue weighted by molar-refractivity contribution is 7.18. The third-order valence-corrected chi connectivity index (χ3v) is 5.08. The number of urea groups is 1. The van der Waals surface area contributed by atoms with Crippen LogP contribution in [0.25, 0.3) is 10.2 Å². The Morgan fingerprint density at radius 2 is 2.12 bits per heavy atom. The van der Waals surface area contributed by atoms with Crippen molar-refractivity contribution in [3.05, 3.63) is 27.1 Å². The number of imide groups is 1. The van der Waals surface area contributed by atoms with Gasteiger partial charge in [-0.1, -0.05) is 0 Å². The van der Waals surface area contributed by atoms with Gasteiger partial charge in [-0.2, -0.15) is 0 Å². The first-order chi connectivity index (χ1) is 11.9. The van der Waals surface area contributed by atoms with Gasteiger partial charge in [0.05, 0.1) is 11.7 Å². The predicted molar refractivity (Wildman–Crippen MR) is 89.4 cm³/mol. The topological polar surface area (TPSA) is 111 Å². The monoisotopic (exact) mass is 364 g/mol. The summed E-state index contributed by atoms with van der Waals surface area (Å²) in [6, 6.07) is -0.504. The Hall–Kier alpha value is -2.75. The quantitative estimate of drug-likeness (QED) is 0.775. The van der Waals surface area contributed by atoms with E-state index in [1.54, 1.807) is 0 Å². The van der Waals surface area contributed by atoms with E-state index in [0.29, 0.717) is 16.8 Å². The number of carbonyl (C=O) groups excluding carboxylic acids is 3. The standard InChI is InChI=1S/C15H16N4O5S/c1-8-9(2)25-13-12(8)14(22)18(7-17-13)5-11(21)24-6-10(20)19-4-3-16-15(19)23/h7H,3-6H2,1-2H3,(H,16,23). The molecule has 3 rings (SSSR count). The number of carbonyl (C=O) groups is 3. The number of rotatable bonds is 4. The number of nitrogens with one attached hydrogen (secondary N) is 1. The lowest BCUT2D eigenvalue weighted by Gasteiger charge is -2.12. The van der Waals surface area contributed by atoms with E-state index in [1.165, 1.54) is 17.7 Å². The van der Waals surface area contributed by atoms with Crippen molar-refractivity contribution in [2.24, 2.45) is 0 Å². The summed E-state index contributed by atoms with van der Waals surface area (Å²) in [7, 11) is 0. The highest BCUT2D eigenvalue weighted by atomic mass is 32.1. The minimum Gasteiger partial charge on any atom is -0.454 e. The average molecular weight is 364 g/mol.